The van der Waals surface area contributed by atoms with Crippen molar-refractivity contribution in [2.75, 3.05) is 31.6 Å². The second-order valence-electron chi connectivity index (χ2n) is 8.05. The number of benzene rings is 2. The Morgan fingerprint density at radius 1 is 1.27 bits per heavy atom. The third-order valence-electron chi connectivity index (χ3n) is 5.84. The maximum atomic E-state index is 12.7. The number of fused-ring (bicyclic) bond motifs is 2. The van der Waals surface area contributed by atoms with Crippen LogP contribution in [0.5, 0.6) is 5.75 Å². The highest BCUT2D eigenvalue weighted by Gasteiger charge is 2.26. The molecule has 2 aromatic carbocycles. The van der Waals surface area contributed by atoms with Crippen LogP contribution in [0, 0.1) is 10.1 Å². The van der Waals surface area contributed by atoms with Gasteiger partial charge in [0.2, 0.25) is 5.91 Å². The van der Waals surface area contributed by atoms with Crippen molar-refractivity contribution < 1.29 is 18.9 Å². The highest BCUT2D eigenvalue weighted by molar-refractivity contribution is 5.77. The number of nitro benzene ring substituents is 1. The summed E-state index contributed by atoms with van der Waals surface area (Å²) >= 11 is 0. The van der Waals surface area contributed by atoms with E-state index in [4.69, 9.17) is 9.15 Å². The summed E-state index contributed by atoms with van der Waals surface area (Å²) < 4.78 is 12.6. The van der Waals surface area contributed by atoms with Crippen LogP contribution in [0.2, 0.25) is 0 Å². The number of ether oxygens (including phenoxy) is 1. The maximum Gasteiger partial charge on any atom is 0.419 e. The second kappa shape index (κ2) is 9.35. The van der Waals surface area contributed by atoms with Gasteiger partial charge in [0, 0.05) is 32.6 Å². The lowest BCUT2D eigenvalue weighted by Gasteiger charge is -2.37. The highest BCUT2D eigenvalue weighted by Crippen LogP contribution is 2.32. The number of carbonyl (C=O) groups excluding carboxylic acids is 1. The first-order valence-electron chi connectivity index (χ1n) is 10.9. The number of nitrogens with zero attached hydrogens (tertiary/aromatic N) is 4. The zero-order valence-electron chi connectivity index (χ0n) is 18.6. The van der Waals surface area contributed by atoms with Gasteiger partial charge >= 0.3 is 5.76 Å². The van der Waals surface area contributed by atoms with Crippen LogP contribution in [-0.2, 0) is 11.3 Å². The van der Waals surface area contributed by atoms with Crippen LogP contribution in [0.15, 0.2) is 51.7 Å². The number of aryl methyl sites for hydroxylation is 1. The van der Waals surface area contributed by atoms with Crippen molar-refractivity contribution in [3.8, 4) is 5.75 Å². The van der Waals surface area contributed by atoms with Gasteiger partial charge in [-0.05, 0) is 31.5 Å². The number of non-ortho nitro benzene ring substituents is 1. The molecular formula is C23H26N4O6. The number of hydrogen-bond donors (Lipinski definition) is 0. The van der Waals surface area contributed by atoms with E-state index in [1.807, 2.05) is 24.3 Å². The van der Waals surface area contributed by atoms with Crippen molar-refractivity contribution in [1.82, 2.24) is 9.47 Å². The molecule has 0 saturated heterocycles. The predicted molar refractivity (Wildman–Crippen MR) is 123 cm³/mol. The quantitative estimate of drug-likeness (QED) is 0.380. The Kier molecular flexibility index (Phi) is 6.34. The van der Waals surface area contributed by atoms with Gasteiger partial charge in [-0.3, -0.25) is 19.5 Å². The van der Waals surface area contributed by atoms with E-state index in [9.17, 15) is 19.7 Å². The van der Waals surface area contributed by atoms with Crippen LogP contribution < -0.4 is 15.4 Å². The molecule has 0 bridgehead atoms. The summed E-state index contributed by atoms with van der Waals surface area (Å²) in [6.45, 7) is 4.38. The van der Waals surface area contributed by atoms with E-state index in [0.717, 1.165) is 18.0 Å². The number of anilines is 1. The van der Waals surface area contributed by atoms with Gasteiger partial charge < -0.3 is 19.0 Å². The van der Waals surface area contributed by atoms with Crippen molar-refractivity contribution in [2.24, 2.45) is 0 Å². The molecule has 4 rings (SSSR count). The van der Waals surface area contributed by atoms with Crippen molar-refractivity contribution in [3.63, 3.8) is 0 Å². The van der Waals surface area contributed by atoms with E-state index in [2.05, 4.69) is 11.8 Å². The molecule has 0 radical (unpaired) electrons. The largest absolute Gasteiger partial charge is 0.485 e. The first-order valence-corrected chi connectivity index (χ1v) is 10.9. The van der Waals surface area contributed by atoms with Gasteiger partial charge in [-0.25, -0.2) is 4.79 Å². The van der Waals surface area contributed by atoms with Crippen LogP contribution in [0.3, 0.4) is 0 Å². The fraction of sp³-hybridized carbons (Fsp3) is 0.391. The number of hydrogen-bond acceptors (Lipinski definition) is 7. The summed E-state index contributed by atoms with van der Waals surface area (Å²) in [5, 5.41) is 10.9. The molecule has 0 aliphatic carbocycles. The van der Waals surface area contributed by atoms with E-state index in [-0.39, 0.29) is 36.2 Å². The molecule has 2 heterocycles. The topological polar surface area (TPSA) is 111 Å². The molecule has 1 atom stereocenters. The Balaban J connectivity index is 1.34. The van der Waals surface area contributed by atoms with Crippen molar-refractivity contribution >= 4 is 28.4 Å². The summed E-state index contributed by atoms with van der Waals surface area (Å²) in [5.74, 6) is 0.181. The molecule has 1 amide bonds. The van der Waals surface area contributed by atoms with Gasteiger partial charge in [-0.1, -0.05) is 12.1 Å². The Morgan fingerprint density at radius 2 is 2.06 bits per heavy atom. The normalized spacial score (nSPS) is 15.2. The van der Waals surface area contributed by atoms with E-state index in [1.165, 1.54) is 22.8 Å². The minimum atomic E-state index is -0.597. The van der Waals surface area contributed by atoms with Crippen LogP contribution in [0.25, 0.3) is 11.1 Å². The lowest BCUT2D eigenvalue weighted by Crippen LogP contribution is -2.46. The minimum Gasteiger partial charge on any atom is -0.485 e. The number of carbonyl (C=O) groups is 1. The SMILES string of the molecule is CCN1C[C@@H](CN(C)C(=O)CCCn2c(=O)oc3cc([N+](=O)[O-])ccc32)Oc2ccccc21. The minimum absolute atomic E-state index is 0.0444. The van der Waals surface area contributed by atoms with E-state index >= 15 is 0 Å². The molecule has 0 unspecified atom stereocenters. The van der Waals surface area contributed by atoms with Crippen LogP contribution >= 0.6 is 0 Å². The fourth-order valence-corrected chi connectivity index (χ4v) is 4.14. The van der Waals surface area contributed by atoms with Crippen LogP contribution in [-0.4, -0.2) is 53.1 Å². The van der Waals surface area contributed by atoms with Gasteiger partial charge in [0.25, 0.3) is 5.69 Å². The smallest absolute Gasteiger partial charge is 0.419 e. The molecule has 1 aliphatic heterocycles. The number of rotatable bonds is 8. The molecule has 0 N–H and O–H groups in total. The number of likely N-dealkylation sites (N-methyl/N-ethyl adjacent to an activating group) is 2. The summed E-state index contributed by atoms with van der Waals surface area (Å²) in [4.78, 5) is 39.1. The zero-order valence-corrected chi connectivity index (χ0v) is 18.6. The predicted octanol–water partition coefficient (Wildman–Crippen LogP) is 3.03. The molecule has 0 spiro atoms. The number of amides is 1. The van der Waals surface area contributed by atoms with Gasteiger partial charge in [0.1, 0.15) is 11.9 Å². The third kappa shape index (κ3) is 4.69. The average molecular weight is 454 g/mol. The molecule has 3 aromatic rings. The molecule has 0 fully saturated rings. The molecule has 10 nitrogen and oxygen atoms in total. The maximum absolute atomic E-state index is 12.7. The van der Waals surface area contributed by atoms with E-state index in [1.54, 1.807) is 11.9 Å². The summed E-state index contributed by atoms with van der Waals surface area (Å²) in [6, 6.07) is 11.9. The lowest BCUT2D eigenvalue weighted by molar-refractivity contribution is -0.384. The number of para-hydroxylation sites is 2. The first-order chi connectivity index (χ1) is 15.9. The molecule has 1 aliphatic rings. The molecule has 0 saturated carbocycles. The molecular weight excluding hydrogens is 428 g/mol. The standard InChI is InChI=1S/C23H26N4O6/c1-3-25-15-17(32-20-8-5-4-7-18(20)25)14-24(2)22(28)9-6-12-26-19-11-10-16(27(30)31)13-21(19)33-23(26)29/h4-5,7-8,10-11,13,17H,3,6,9,12,14-15H2,1-2H3/t17-/m1/s1. The molecule has 1 aromatic heterocycles. The van der Waals surface area contributed by atoms with Gasteiger partial charge in [-0.15, -0.1) is 0 Å². The molecule has 10 heteroatoms. The summed E-state index contributed by atoms with van der Waals surface area (Å²) in [5.41, 5.74) is 1.55. The number of nitro groups is 1. The monoisotopic (exact) mass is 454 g/mol. The van der Waals surface area contributed by atoms with Crippen LogP contribution in [0.4, 0.5) is 11.4 Å². The molecule has 174 valence electrons. The Labute approximate surface area is 190 Å². The summed E-state index contributed by atoms with van der Waals surface area (Å²) in [7, 11) is 1.75. The fourth-order valence-electron chi connectivity index (χ4n) is 4.14. The third-order valence-corrected chi connectivity index (χ3v) is 5.84. The van der Waals surface area contributed by atoms with Gasteiger partial charge in [0.05, 0.1) is 35.3 Å². The van der Waals surface area contributed by atoms with Crippen molar-refractivity contribution in [1.29, 1.82) is 0 Å². The van der Waals surface area contributed by atoms with Gasteiger partial charge in [-0.2, -0.15) is 0 Å². The van der Waals surface area contributed by atoms with Crippen molar-refractivity contribution in [2.45, 2.75) is 32.4 Å². The average Bonchev–Trinajstić information content (AvgIpc) is 3.12. The second-order valence-corrected chi connectivity index (χ2v) is 8.05. The van der Waals surface area contributed by atoms with Crippen molar-refractivity contribution in [3.05, 3.63) is 63.1 Å². The van der Waals surface area contributed by atoms with Crippen LogP contribution in [0.1, 0.15) is 19.8 Å². The Bertz CT molecular complexity index is 1230. The first kappa shape index (κ1) is 22.4. The highest BCUT2D eigenvalue weighted by atomic mass is 16.6. The molecule has 33 heavy (non-hydrogen) atoms. The van der Waals surface area contributed by atoms with E-state index < -0.39 is 10.7 Å². The Hall–Kier alpha value is -3.82. The van der Waals surface area contributed by atoms with Gasteiger partial charge in [0.15, 0.2) is 5.58 Å². The van der Waals surface area contributed by atoms with E-state index in [0.29, 0.717) is 25.0 Å². The lowest BCUT2D eigenvalue weighted by atomic mass is 10.1. The summed E-state index contributed by atoms with van der Waals surface area (Å²) in [6.07, 6.45) is 0.554. The number of aromatic nitrogens is 1. The number of oxazole rings is 1. The Morgan fingerprint density at radius 3 is 2.82 bits per heavy atom. The zero-order chi connectivity index (χ0) is 23.5.